The van der Waals surface area contributed by atoms with Crippen LogP contribution in [0.5, 0.6) is 5.75 Å². The molecule has 2 aliphatic heterocycles. The van der Waals surface area contributed by atoms with Gasteiger partial charge in [-0.25, -0.2) is 4.79 Å². The highest BCUT2D eigenvalue weighted by molar-refractivity contribution is 6.35. The van der Waals surface area contributed by atoms with E-state index in [0.29, 0.717) is 5.56 Å². The number of carbonyl (C=O) groups excluding carboxylic acids is 1. The lowest BCUT2D eigenvalue weighted by atomic mass is 10.0. The van der Waals surface area contributed by atoms with Gasteiger partial charge in [-0.15, -0.1) is 0 Å². The second-order valence-electron chi connectivity index (χ2n) is 5.55. The van der Waals surface area contributed by atoms with Crippen LogP contribution in [0, 0.1) is 0 Å². The Kier molecular flexibility index (Phi) is 3.39. The molecule has 0 bridgehead atoms. The molecule has 2 aliphatic rings. The fraction of sp³-hybridized carbons (Fsp3) is 0.188. The zero-order valence-corrected chi connectivity index (χ0v) is 13.7. The molecular weight excluding hydrogens is 382 g/mol. The van der Waals surface area contributed by atoms with Crippen molar-refractivity contribution in [3.8, 4) is 5.75 Å². The number of hydrogen-bond acceptors (Lipinski definition) is 4. The summed E-state index contributed by atoms with van der Waals surface area (Å²) in [5.41, 5.74) is 0.422. The molecule has 4 nitrogen and oxygen atoms in total. The van der Waals surface area contributed by atoms with E-state index in [1.54, 1.807) is 0 Å². The first-order valence-corrected chi connectivity index (χ1v) is 7.82. The van der Waals surface area contributed by atoms with E-state index < -0.39 is 18.1 Å². The van der Waals surface area contributed by atoms with Crippen molar-refractivity contribution in [2.45, 2.75) is 18.6 Å². The predicted molar refractivity (Wildman–Crippen MR) is 83.9 cm³/mol. The van der Waals surface area contributed by atoms with Gasteiger partial charge in [0, 0.05) is 10.6 Å². The second-order valence-corrected chi connectivity index (χ2v) is 6.39. The Bertz CT molecular complexity index is 903. The minimum absolute atomic E-state index is 0.0163. The third-order valence-corrected chi connectivity index (χ3v) is 4.51. The molecule has 0 aromatic heterocycles. The lowest BCUT2D eigenvalue weighted by molar-refractivity contribution is -0.337. The van der Waals surface area contributed by atoms with Crippen LogP contribution in [0.25, 0.3) is 0 Å². The van der Waals surface area contributed by atoms with E-state index in [4.69, 9.17) is 32.7 Å². The average molecular weight is 390 g/mol. The Morgan fingerprint density at radius 3 is 2.56 bits per heavy atom. The number of anilines is 1. The quantitative estimate of drug-likeness (QED) is 0.607. The van der Waals surface area contributed by atoms with Crippen LogP contribution in [-0.4, -0.2) is 18.1 Å². The zero-order valence-electron chi connectivity index (χ0n) is 12.2. The zero-order chi connectivity index (χ0) is 18.0. The van der Waals surface area contributed by atoms with Gasteiger partial charge in [0.15, 0.2) is 0 Å². The number of fused-ring (bicyclic) bond motifs is 4. The van der Waals surface area contributed by atoms with E-state index in [2.05, 4.69) is 0 Å². The number of para-hydroxylation sites is 1. The van der Waals surface area contributed by atoms with Crippen LogP contribution >= 0.6 is 23.2 Å². The van der Waals surface area contributed by atoms with Crippen molar-refractivity contribution in [2.75, 3.05) is 4.90 Å². The highest BCUT2D eigenvalue weighted by Crippen LogP contribution is 2.51. The van der Waals surface area contributed by atoms with Crippen LogP contribution in [0.4, 0.5) is 18.9 Å². The number of ether oxygens (including phenoxy) is 2. The number of nitrogens with zero attached hydrogens (tertiary/aromatic N) is 1. The molecule has 9 heteroatoms. The van der Waals surface area contributed by atoms with E-state index >= 15 is 0 Å². The Hall–Kier alpha value is -2.12. The van der Waals surface area contributed by atoms with Gasteiger partial charge >= 0.3 is 18.1 Å². The minimum atomic E-state index is -5.03. The molecule has 2 heterocycles. The number of esters is 1. The lowest BCUT2D eigenvalue weighted by Crippen LogP contribution is -2.69. The standard InChI is InChI=1S/C16H8Cl2F3NO3/c17-9-5-8-7-22-12-4-2-1-3-10(12)14(23)25-16(22,15(19,20)21)24-13(8)11(18)6-9/h1-6H,7H2. The van der Waals surface area contributed by atoms with Gasteiger partial charge in [0.05, 0.1) is 22.8 Å². The van der Waals surface area contributed by atoms with Gasteiger partial charge in [-0.05, 0) is 24.3 Å². The molecule has 0 saturated carbocycles. The van der Waals surface area contributed by atoms with Crippen LogP contribution in [0.3, 0.4) is 0 Å². The smallest absolute Gasteiger partial charge is 0.426 e. The van der Waals surface area contributed by atoms with Crippen molar-refractivity contribution in [2.24, 2.45) is 0 Å². The molecule has 4 rings (SSSR count). The van der Waals surface area contributed by atoms with Gasteiger partial charge in [-0.3, -0.25) is 4.90 Å². The largest absolute Gasteiger partial charge is 0.492 e. The normalized spacial score (nSPS) is 21.6. The SMILES string of the molecule is O=C1OC2(C(F)(F)F)Oc3c(Cl)cc(Cl)cc3CN2c2ccccc21. The summed E-state index contributed by atoms with van der Waals surface area (Å²) >= 11 is 11.9. The molecular formula is C16H8Cl2F3NO3. The summed E-state index contributed by atoms with van der Waals surface area (Å²) in [6.45, 7) is -0.251. The first-order chi connectivity index (χ1) is 11.7. The van der Waals surface area contributed by atoms with E-state index in [-0.39, 0.29) is 33.6 Å². The third kappa shape index (κ3) is 2.26. The van der Waals surface area contributed by atoms with Crippen LogP contribution in [0.15, 0.2) is 36.4 Å². The van der Waals surface area contributed by atoms with Gasteiger partial charge in [-0.2, -0.15) is 13.2 Å². The summed E-state index contributed by atoms with van der Waals surface area (Å²) in [5.74, 6) is -4.63. The van der Waals surface area contributed by atoms with Gasteiger partial charge in [-0.1, -0.05) is 35.3 Å². The number of rotatable bonds is 0. The lowest BCUT2D eigenvalue weighted by Gasteiger charge is -2.49. The summed E-state index contributed by atoms with van der Waals surface area (Å²) in [5, 5.41) is 0.162. The molecule has 0 N–H and O–H groups in total. The molecule has 1 unspecified atom stereocenters. The molecule has 2 aromatic rings. The van der Waals surface area contributed by atoms with E-state index in [0.717, 1.165) is 4.90 Å². The van der Waals surface area contributed by atoms with Crippen molar-refractivity contribution in [1.82, 2.24) is 0 Å². The van der Waals surface area contributed by atoms with Gasteiger partial charge < -0.3 is 9.47 Å². The minimum Gasteiger partial charge on any atom is -0.426 e. The molecule has 0 fully saturated rings. The molecule has 1 atom stereocenters. The van der Waals surface area contributed by atoms with Crippen LogP contribution in [-0.2, 0) is 11.3 Å². The molecule has 2 aromatic carbocycles. The monoisotopic (exact) mass is 389 g/mol. The number of halogens is 5. The van der Waals surface area contributed by atoms with E-state index in [9.17, 15) is 18.0 Å². The predicted octanol–water partition coefficient (Wildman–Crippen LogP) is 4.78. The highest BCUT2D eigenvalue weighted by Gasteiger charge is 2.70. The number of alkyl halides is 3. The molecule has 0 spiro atoms. The van der Waals surface area contributed by atoms with Gasteiger partial charge in [0.1, 0.15) is 5.75 Å². The Labute approximate surface area is 149 Å². The Morgan fingerprint density at radius 2 is 1.84 bits per heavy atom. The van der Waals surface area contributed by atoms with E-state index in [1.165, 1.54) is 36.4 Å². The number of hydrogen-bond donors (Lipinski definition) is 0. The first-order valence-electron chi connectivity index (χ1n) is 7.06. The summed E-state index contributed by atoms with van der Waals surface area (Å²) in [6, 6.07) is 8.57. The summed E-state index contributed by atoms with van der Waals surface area (Å²) < 4.78 is 51.7. The molecule has 25 heavy (non-hydrogen) atoms. The highest BCUT2D eigenvalue weighted by atomic mass is 35.5. The Morgan fingerprint density at radius 1 is 1.12 bits per heavy atom. The average Bonchev–Trinajstić information content (AvgIpc) is 2.53. The number of benzene rings is 2. The fourth-order valence-corrected chi connectivity index (χ4v) is 3.54. The van der Waals surface area contributed by atoms with Crippen LogP contribution in [0.1, 0.15) is 15.9 Å². The van der Waals surface area contributed by atoms with Crippen molar-refractivity contribution in [1.29, 1.82) is 0 Å². The number of carbonyl (C=O) groups is 1. The fourth-order valence-electron chi connectivity index (χ4n) is 2.96. The van der Waals surface area contributed by atoms with Crippen molar-refractivity contribution >= 4 is 34.9 Å². The maximum atomic E-state index is 13.9. The third-order valence-electron chi connectivity index (χ3n) is 4.01. The summed E-state index contributed by atoms with van der Waals surface area (Å²) in [4.78, 5) is 13.0. The van der Waals surface area contributed by atoms with E-state index in [1.807, 2.05) is 0 Å². The van der Waals surface area contributed by atoms with Crippen molar-refractivity contribution < 1.29 is 27.4 Å². The van der Waals surface area contributed by atoms with Crippen molar-refractivity contribution in [3.05, 3.63) is 57.6 Å². The Balaban J connectivity index is 1.98. The topological polar surface area (TPSA) is 38.8 Å². The molecule has 0 aliphatic carbocycles. The first kappa shape index (κ1) is 16.4. The molecule has 0 saturated heterocycles. The van der Waals surface area contributed by atoms with Gasteiger partial charge in [0.25, 0.3) is 0 Å². The summed E-state index contributed by atoms with van der Waals surface area (Å²) in [7, 11) is 0. The molecule has 130 valence electrons. The van der Waals surface area contributed by atoms with Crippen LogP contribution in [0.2, 0.25) is 10.0 Å². The second kappa shape index (κ2) is 5.19. The van der Waals surface area contributed by atoms with Crippen molar-refractivity contribution in [3.63, 3.8) is 0 Å². The maximum absolute atomic E-state index is 13.9. The summed E-state index contributed by atoms with van der Waals surface area (Å²) in [6.07, 6.45) is -5.03. The maximum Gasteiger partial charge on any atom is 0.492 e. The van der Waals surface area contributed by atoms with Gasteiger partial charge in [0.2, 0.25) is 0 Å². The molecule has 0 radical (unpaired) electrons. The molecule has 0 amide bonds. The van der Waals surface area contributed by atoms with Crippen LogP contribution < -0.4 is 9.64 Å².